The van der Waals surface area contributed by atoms with Crippen molar-refractivity contribution in [2.45, 2.75) is 39.3 Å². The van der Waals surface area contributed by atoms with Gasteiger partial charge in [-0.15, -0.1) is 0 Å². The van der Waals surface area contributed by atoms with E-state index in [1.54, 1.807) is 18.5 Å². The molecule has 0 atom stereocenters. The first-order valence-corrected chi connectivity index (χ1v) is 7.12. The molecule has 8 heteroatoms. The van der Waals surface area contributed by atoms with Gasteiger partial charge in [-0.3, -0.25) is 18.9 Å². The van der Waals surface area contributed by atoms with Gasteiger partial charge in [-0.2, -0.15) is 0 Å². The number of fused-ring (bicyclic) bond motifs is 1. The summed E-state index contributed by atoms with van der Waals surface area (Å²) < 4.78 is 8.11. The van der Waals surface area contributed by atoms with Crippen LogP contribution in [0.15, 0.2) is 9.59 Å². The molecule has 22 heavy (non-hydrogen) atoms. The molecule has 0 saturated carbocycles. The van der Waals surface area contributed by atoms with E-state index in [9.17, 15) is 14.4 Å². The fourth-order valence-corrected chi connectivity index (χ4v) is 2.40. The van der Waals surface area contributed by atoms with Crippen molar-refractivity contribution in [1.82, 2.24) is 19.1 Å². The molecule has 0 saturated heterocycles. The summed E-state index contributed by atoms with van der Waals surface area (Å²) >= 11 is 0. The zero-order valence-electron chi connectivity index (χ0n) is 13.0. The van der Waals surface area contributed by atoms with Crippen LogP contribution in [0.5, 0.6) is 0 Å². The number of aryl methyl sites for hydroxylation is 2. The highest BCUT2D eigenvalue weighted by Crippen LogP contribution is 2.13. The first-order valence-electron chi connectivity index (χ1n) is 7.12. The van der Waals surface area contributed by atoms with Gasteiger partial charge in [0.05, 0.1) is 0 Å². The summed E-state index contributed by atoms with van der Waals surface area (Å²) in [6.07, 6.45) is 2.68. The van der Waals surface area contributed by atoms with Crippen molar-refractivity contribution in [3.8, 4) is 0 Å². The highest BCUT2D eigenvalue weighted by Gasteiger charge is 2.16. The summed E-state index contributed by atoms with van der Waals surface area (Å²) in [5.74, 6) is 0.830. The lowest BCUT2D eigenvalue weighted by atomic mass is 10.1. The third kappa shape index (κ3) is 3.16. The van der Waals surface area contributed by atoms with E-state index >= 15 is 0 Å². The first kappa shape index (κ1) is 16.2. The van der Waals surface area contributed by atoms with Crippen molar-refractivity contribution in [3.63, 3.8) is 0 Å². The van der Waals surface area contributed by atoms with E-state index in [4.69, 9.17) is 4.74 Å². The topological polar surface area (TPSA) is 99.0 Å². The number of carbonyl (C=O) groups is 1. The predicted octanol–water partition coefficient (Wildman–Crippen LogP) is 0.329. The fourth-order valence-electron chi connectivity index (χ4n) is 2.40. The van der Waals surface area contributed by atoms with Crippen LogP contribution in [-0.2, 0) is 29.7 Å². The number of ketones is 1. The molecule has 0 fully saturated rings. The number of hydrogen-bond donors (Lipinski definition) is 1. The summed E-state index contributed by atoms with van der Waals surface area (Å²) in [5, 5.41) is 0. The van der Waals surface area contributed by atoms with Gasteiger partial charge in [0.25, 0.3) is 5.56 Å². The number of ether oxygens (including phenoxy) is 1. The van der Waals surface area contributed by atoms with Crippen LogP contribution in [0.25, 0.3) is 11.2 Å². The fraction of sp³-hybridized carbons (Fsp3) is 0.571. The number of carbonyl (C=O) groups excluding carboxylic acids is 1. The highest BCUT2D eigenvalue weighted by molar-refractivity contribution is 5.75. The maximum absolute atomic E-state index is 12.1. The Hall–Kier alpha value is -2.22. The molecule has 1 N–H and O–H groups in total. The first-order chi connectivity index (χ1) is 10.5. The van der Waals surface area contributed by atoms with Gasteiger partial charge in [0.15, 0.2) is 11.2 Å². The number of aromatic amines is 1. The molecule has 2 aromatic rings. The number of rotatable bonds is 7. The van der Waals surface area contributed by atoms with Crippen LogP contribution in [-0.4, -0.2) is 32.0 Å². The van der Waals surface area contributed by atoms with Crippen LogP contribution in [0.2, 0.25) is 0 Å². The molecule has 2 heterocycles. The smallest absolute Gasteiger partial charge is 0.329 e. The Morgan fingerprint density at radius 3 is 2.68 bits per heavy atom. The number of nitrogens with one attached hydrogen (secondary N) is 1. The van der Waals surface area contributed by atoms with E-state index in [0.717, 1.165) is 12.8 Å². The maximum atomic E-state index is 12.1. The summed E-state index contributed by atoms with van der Waals surface area (Å²) in [7, 11) is 3.09. The monoisotopic (exact) mass is 308 g/mol. The van der Waals surface area contributed by atoms with Crippen molar-refractivity contribution in [1.29, 1.82) is 0 Å². The van der Waals surface area contributed by atoms with Crippen LogP contribution in [0.1, 0.15) is 32.0 Å². The minimum Gasteiger partial charge on any atom is -0.364 e. The molecule has 0 aliphatic rings. The van der Waals surface area contributed by atoms with E-state index in [1.807, 2.05) is 0 Å². The van der Waals surface area contributed by atoms with Gasteiger partial charge in [0.1, 0.15) is 18.3 Å². The van der Waals surface area contributed by atoms with E-state index in [0.29, 0.717) is 29.8 Å². The average molecular weight is 308 g/mol. The lowest BCUT2D eigenvalue weighted by Crippen LogP contribution is -2.29. The molecular weight excluding hydrogens is 288 g/mol. The van der Waals surface area contributed by atoms with Crippen LogP contribution in [0, 0.1) is 0 Å². The lowest BCUT2D eigenvalue weighted by Gasteiger charge is -2.07. The number of imidazole rings is 1. The third-order valence-electron chi connectivity index (χ3n) is 3.52. The number of nitrogens with zero attached hydrogens (tertiary/aromatic N) is 3. The largest absolute Gasteiger partial charge is 0.364 e. The van der Waals surface area contributed by atoms with Crippen molar-refractivity contribution in [2.75, 3.05) is 7.11 Å². The van der Waals surface area contributed by atoms with Crippen molar-refractivity contribution >= 4 is 16.9 Å². The number of Topliss-reactive ketones (excluding diaryl/α,β-unsaturated/α-hetero) is 1. The zero-order chi connectivity index (χ0) is 16.3. The summed E-state index contributed by atoms with van der Waals surface area (Å²) in [6, 6.07) is 0. The second-order valence-corrected chi connectivity index (χ2v) is 5.27. The molecule has 2 aromatic heterocycles. The van der Waals surface area contributed by atoms with Crippen molar-refractivity contribution in [2.24, 2.45) is 7.05 Å². The quantitative estimate of drug-likeness (QED) is 0.743. The van der Waals surface area contributed by atoms with Gasteiger partial charge in [-0.1, -0.05) is 0 Å². The molecule has 0 aromatic carbocycles. The van der Waals surface area contributed by atoms with Gasteiger partial charge >= 0.3 is 5.69 Å². The number of unbranched alkanes of at least 4 members (excludes halogenated alkanes) is 1. The lowest BCUT2D eigenvalue weighted by molar-refractivity contribution is -0.117. The molecule has 0 aliphatic heterocycles. The van der Waals surface area contributed by atoms with Crippen LogP contribution in [0.4, 0.5) is 0 Å². The Balaban J connectivity index is 2.41. The number of methoxy groups -OCH3 is 1. The van der Waals surface area contributed by atoms with Gasteiger partial charge in [-0.05, 0) is 19.8 Å². The molecule has 0 bridgehead atoms. The van der Waals surface area contributed by atoms with Crippen LogP contribution >= 0.6 is 0 Å². The molecule has 0 amide bonds. The molecule has 2 rings (SSSR count). The van der Waals surface area contributed by atoms with Gasteiger partial charge in [0.2, 0.25) is 0 Å². The van der Waals surface area contributed by atoms with E-state index in [1.165, 1.54) is 11.7 Å². The average Bonchev–Trinajstić information content (AvgIpc) is 2.81. The SMILES string of the molecule is COCn1c(CCCCC(C)=O)nc2c1c(=O)[nH]c(=O)n2C. The summed E-state index contributed by atoms with van der Waals surface area (Å²) in [4.78, 5) is 41.4. The van der Waals surface area contributed by atoms with E-state index < -0.39 is 11.2 Å². The Labute approximate surface area is 126 Å². The molecule has 8 nitrogen and oxygen atoms in total. The third-order valence-corrected chi connectivity index (χ3v) is 3.52. The maximum Gasteiger partial charge on any atom is 0.329 e. The standard InChI is InChI=1S/C14H20N4O4/c1-9(19)6-4-5-7-10-15-12-11(18(10)8-22-3)13(20)16-14(21)17(12)2/h4-8H2,1-3H3,(H,16,20,21). The van der Waals surface area contributed by atoms with Crippen LogP contribution in [0.3, 0.4) is 0 Å². The zero-order valence-corrected chi connectivity index (χ0v) is 13.0. The Bertz CT molecular complexity index is 800. The van der Waals surface area contributed by atoms with Gasteiger partial charge in [0, 0.05) is 27.0 Å². The Morgan fingerprint density at radius 2 is 2.05 bits per heavy atom. The summed E-state index contributed by atoms with van der Waals surface area (Å²) in [6.45, 7) is 1.75. The highest BCUT2D eigenvalue weighted by atomic mass is 16.5. The summed E-state index contributed by atoms with van der Waals surface area (Å²) in [5.41, 5.74) is -0.307. The molecule has 0 radical (unpaired) electrons. The molecule has 120 valence electrons. The van der Waals surface area contributed by atoms with Gasteiger partial charge < -0.3 is 9.53 Å². The Kier molecular flexibility index (Phi) is 4.92. The number of H-pyrrole nitrogens is 1. The van der Waals surface area contributed by atoms with Crippen molar-refractivity contribution < 1.29 is 9.53 Å². The Morgan fingerprint density at radius 1 is 1.32 bits per heavy atom. The molecule has 0 aliphatic carbocycles. The number of hydrogen-bond acceptors (Lipinski definition) is 5. The normalized spacial score (nSPS) is 11.2. The minimum atomic E-state index is -0.498. The second-order valence-electron chi connectivity index (χ2n) is 5.27. The molecular formula is C14H20N4O4. The minimum absolute atomic E-state index is 0.157. The van der Waals surface area contributed by atoms with Gasteiger partial charge in [-0.25, -0.2) is 9.78 Å². The van der Waals surface area contributed by atoms with Crippen LogP contribution < -0.4 is 11.2 Å². The molecule has 0 spiro atoms. The van der Waals surface area contributed by atoms with Crippen molar-refractivity contribution in [3.05, 3.63) is 26.7 Å². The number of aromatic nitrogens is 4. The molecule has 0 unspecified atom stereocenters. The predicted molar refractivity (Wildman–Crippen MR) is 80.8 cm³/mol. The van der Waals surface area contributed by atoms with E-state index in [2.05, 4.69) is 9.97 Å². The van der Waals surface area contributed by atoms with E-state index in [-0.39, 0.29) is 12.5 Å². The second kappa shape index (κ2) is 6.69.